The number of hydrogen-bond acceptors (Lipinski definition) is 4. The van der Waals surface area contributed by atoms with Crippen molar-refractivity contribution >= 4 is 6.16 Å². The minimum Gasteiger partial charge on any atom is -0.497 e. The van der Waals surface area contributed by atoms with Gasteiger partial charge in [0.2, 0.25) is 0 Å². The molecule has 0 N–H and O–H groups in total. The average Bonchev–Trinajstić information content (AvgIpc) is 2.72. The Morgan fingerprint density at radius 3 is 2.56 bits per heavy atom. The molecule has 4 heteroatoms. The maximum absolute atomic E-state index is 11.0. The van der Waals surface area contributed by atoms with E-state index in [2.05, 4.69) is 6.58 Å². The summed E-state index contributed by atoms with van der Waals surface area (Å²) in [5, 5.41) is 0. The molecule has 2 rings (SSSR count). The van der Waals surface area contributed by atoms with E-state index < -0.39 is 11.8 Å². The van der Waals surface area contributed by atoms with Crippen molar-refractivity contribution in [3.8, 4) is 5.75 Å². The quantitative estimate of drug-likeness (QED) is 0.579. The van der Waals surface area contributed by atoms with Gasteiger partial charge in [0.25, 0.3) is 0 Å². The van der Waals surface area contributed by atoms with E-state index >= 15 is 0 Å². The van der Waals surface area contributed by atoms with Gasteiger partial charge in [0.15, 0.2) is 5.60 Å². The van der Waals surface area contributed by atoms with Crippen molar-refractivity contribution in [2.24, 2.45) is 0 Å². The van der Waals surface area contributed by atoms with E-state index in [1.807, 2.05) is 12.1 Å². The molecule has 0 amide bonds. The molecule has 0 spiro atoms. The molecule has 1 aliphatic rings. The molecule has 0 unspecified atom stereocenters. The first-order valence-electron chi connectivity index (χ1n) is 4.84. The lowest BCUT2D eigenvalue weighted by atomic mass is 9.95. The largest absolute Gasteiger partial charge is 0.509 e. The van der Waals surface area contributed by atoms with Crippen LogP contribution in [0, 0.1) is 0 Å². The molecule has 4 nitrogen and oxygen atoms in total. The van der Waals surface area contributed by atoms with Crippen molar-refractivity contribution in [3.05, 3.63) is 42.5 Å². The zero-order valence-corrected chi connectivity index (χ0v) is 8.93. The van der Waals surface area contributed by atoms with E-state index in [9.17, 15) is 4.79 Å². The van der Waals surface area contributed by atoms with Crippen LogP contribution in [-0.2, 0) is 15.1 Å². The van der Waals surface area contributed by atoms with Crippen LogP contribution < -0.4 is 4.74 Å². The monoisotopic (exact) mass is 220 g/mol. The topological polar surface area (TPSA) is 44.8 Å². The third-order valence-corrected chi connectivity index (χ3v) is 2.58. The molecule has 1 saturated heterocycles. The second kappa shape index (κ2) is 3.89. The lowest BCUT2D eigenvalue weighted by Crippen LogP contribution is -2.25. The number of hydrogen-bond donors (Lipinski definition) is 0. The van der Waals surface area contributed by atoms with Gasteiger partial charge in [-0.05, 0) is 18.2 Å². The zero-order valence-electron chi connectivity index (χ0n) is 8.93. The lowest BCUT2D eigenvalue weighted by molar-refractivity contribution is 0.0887. The van der Waals surface area contributed by atoms with Crippen LogP contribution in [0.25, 0.3) is 0 Å². The van der Waals surface area contributed by atoms with Crippen LogP contribution in [0.5, 0.6) is 5.75 Å². The van der Waals surface area contributed by atoms with Gasteiger partial charge in [0.05, 0.1) is 7.11 Å². The molecule has 1 atom stereocenters. The van der Waals surface area contributed by atoms with E-state index in [0.717, 1.165) is 11.3 Å². The highest BCUT2D eigenvalue weighted by molar-refractivity contribution is 5.64. The number of rotatable bonds is 3. The highest BCUT2D eigenvalue weighted by Gasteiger charge is 2.41. The number of benzene rings is 1. The summed E-state index contributed by atoms with van der Waals surface area (Å²) in [6.07, 6.45) is 0.899. The van der Waals surface area contributed by atoms with Gasteiger partial charge in [0.1, 0.15) is 12.4 Å². The van der Waals surface area contributed by atoms with Crippen LogP contribution >= 0.6 is 0 Å². The number of carbonyl (C=O) groups is 1. The number of ether oxygens (including phenoxy) is 3. The molecule has 0 radical (unpaired) electrons. The van der Waals surface area contributed by atoms with Gasteiger partial charge in [-0.2, -0.15) is 0 Å². The van der Waals surface area contributed by atoms with Crippen molar-refractivity contribution in [1.29, 1.82) is 0 Å². The molecule has 84 valence electrons. The third kappa shape index (κ3) is 1.62. The summed E-state index contributed by atoms with van der Waals surface area (Å²) < 4.78 is 15.0. The number of carbonyl (C=O) groups excluding carboxylic acids is 1. The average molecular weight is 220 g/mol. The predicted molar refractivity (Wildman–Crippen MR) is 57.3 cm³/mol. The van der Waals surface area contributed by atoms with Crippen LogP contribution in [0.4, 0.5) is 4.79 Å². The first kappa shape index (κ1) is 10.5. The molecule has 1 aromatic rings. The molecule has 0 saturated carbocycles. The Labute approximate surface area is 93.4 Å². The van der Waals surface area contributed by atoms with E-state index in [-0.39, 0.29) is 6.61 Å². The van der Waals surface area contributed by atoms with E-state index in [4.69, 9.17) is 14.2 Å². The van der Waals surface area contributed by atoms with Crippen LogP contribution in [0.3, 0.4) is 0 Å². The molecule has 1 aromatic carbocycles. The Hall–Kier alpha value is -1.97. The summed E-state index contributed by atoms with van der Waals surface area (Å²) in [5.74, 6) is 0.744. The smallest absolute Gasteiger partial charge is 0.497 e. The molecule has 1 fully saturated rings. The first-order chi connectivity index (χ1) is 7.70. The summed E-state index contributed by atoms with van der Waals surface area (Å²) in [6.45, 7) is 3.83. The lowest BCUT2D eigenvalue weighted by Gasteiger charge is -2.21. The Balaban J connectivity index is 2.33. The van der Waals surface area contributed by atoms with Crippen molar-refractivity contribution in [2.45, 2.75) is 5.60 Å². The standard InChI is InChI=1S/C12H12O4/c1-3-12(8-15-11(13)16-12)9-4-6-10(14-2)7-5-9/h3-7H,1,8H2,2H3/t12-/m1/s1. The molecule has 0 aliphatic carbocycles. The fourth-order valence-electron chi connectivity index (χ4n) is 1.61. The Morgan fingerprint density at radius 2 is 2.12 bits per heavy atom. The molecule has 1 aliphatic heterocycles. The van der Waals surface area contributed by atoms with Crippen LogP contribution in [0.2, 0.25) is 0 Å². The van der Waals surface area contributed by atoms with Crippen LogP contribution in [-0.4, -0.2) is 19.9 Å². The molecular weight excluding hydrogens is 208 g/mol. The van der Waals surface area contributed by atoms with Crippen molar-refractivity contribution in [2.75, 3.05) is 13.7 Å². The maximum Gasteiger partial charge on any atom is 0.509 e. The molecule has 16 heavy (non-hydrogen) atoms. The SMILES string of the molecule is C=C[C@]1(c2ccc(OC)cc2)COC(=O)O1. The highest BCUT2D eigenvalue weighted by Crippen LogP contribution is 2.33. The number of cyclic esters (lactones) is 2. The van der Waals surface area contributed by atoms with E-state index in [0.29, 0.717) is 0 Å². The van der Waals surface area contributed by atoms with E-state index in [1.54, 1.807) is 25.3 Å². The van der Waals surface area contributed by atoms with Gasteiger partial charge in [0, 0.05) is 5.56 Å². The second-order valence-corrected chi connectivity index (χ2v) is 3.46. The first-order valence-corrected chi connectivity index (χ1v) is 4.84. The molecular formula is C12H12O4. The normalized spacial score (nSPS) is 23.4. The Kier molecular flexibility index (Phi) is 2.56. The minimum atomic E-state index is -0.872. The van der Waals surface area contributed by atoms with Crippen molar-refractivity contribution in [3.63, 3.8) is 0 Å². The Bertz CT molecular complexity index is 410. The second-order valence-electron chi connectivity index (χ2n) is 3.46. The summed E-state index contributed by atoms with van der Waals surface area (Å²) in [6, 6.07) is 7.24. The summed E-state index contributed by atoms with van der Waals surface area (Å²) >= 11 is 0. The highest BCUT2D eigenvalue weighted by atomic mass is 16.8. The summed E-state index contributed by atoms with van der Waals surface area (Å²) in [5.41, 5.74) is -0.0576. The van der Waals surface area contributed by atoms with Gasteiger partial charge in [-0.1, -0.05) is 18.7 Å². The molecule has 1 heterocycles. The molecule has 0 aromatic heterocycles. The summed E-state index contributed by atoms with van der Waals surface area (Å²) in [7, 11) is 1.59. The Morgan fingerprint density at radius 1 is 1.44 bits per heavy atom. The van der Waals surface area contributed by atoms with Gasteiger partial charge in [-0.15, -0.1) is 0 Å². The van der Waals surface area contributed by atoms with Crippen molar-refractivity contribution < 1.29 is 19.0 Å². The van der Waals surface area contributed by atoms with Crippen LogP contribution in [0.1, 0.15) is 5.56 Å². The minimum absolute atomic E-state index is 0.154. The van der Waals surface area contributed by atoms with Crippen LogP contribution in [0.15, 0.2) is 36.9 Å². The molecule has 0 bridgehead atoms. The fraction of sp³-hybridized carbons (Fsp3) is 0.250. The predicted octanol–water partition coefficient (Wildman–Crippen LogP) is 2.24. The van der Waals surface area contributed by atoms with Gasteiger partial charge in [-0.25, -0.2) is 4.79 Å². The summed E-state index contributed by atoms with van der Waals surface area (Å²) in [4.78, 5) is 11.0. The van der Waals surface area contributed by atoms with Gasteiger partial charge in [-0.3, -0.25) is 0 Å². The van der Waals surface area contributed by atoms with Gasteiger partial charge >= 0.3 is 6.16 Å². The zero-order chi connectivity index (χ0) is 11.6. The third-order valence-electron chi connectivity index (χ3n) is 2.58. The fourth-order valence-corrected chi connectivity index (χ4v) is 1.61. The number of methoxy groups -OCH3 is 1. The maximum atomic E-state index is 11.0. The van der Waals surface area contributed by atoms with Crippen molar-refractivity contribution in [1.82, 2.24) is 0 Å². The van der Waals surface area contributed by atoms with Gasteiger partial charge < -0.3 is 14.2 Å². The van der Waals surface area contributed by atoms with E-state index in [1.165, 1.54) is 0 Å².